The fraction of sp³-hybridized carbons (Fsp3) is 0.889. The Morgan fingerprint density at radius 2 is 2.33 bits per heavy atom. The minimum absolute atomic E-state index is 0.135. The van der Waals surface area contributed by atoms with Gasteiger partial charge in [-0.2, -0.15) is 0 Å². The van der Waals surface area contributed by atoms with E-state index in [-0.39, 0.29) is 25.2 Å². The van der Waals surface area contributed by atoms with Gasteiger partial charge in [0.05, 0.1) is 19.3 Å². The topological polar surface area (TPSA) is 88.0 Å². The van der Waals surface area contributed by atoms with E-state index >= 15 is 0 Å². The SMILES string of the molecule is CC1(C)OC[C@H]([C@H](CO)CNC(=O)O)O1. The number of ether oxygens (including phenoxy) is 2. The van der Waals surface area contributed by atoms with Crippen molar-refractivity contribution >= 4 is 6.09 Å². The molecular weight excluding hydrogens is 202 g/mol. The molecule has 1 amide bonds. The van der Waals surface area contributed by atoms with Crippen molar-refractivity contribution in [1.29, 1.82) is 0 Å². The lowest BCUT2D eigenvalue weighted by atomic mass is 10.0. The summed E-state index contributed by atoms with van der Waals surface area (Å²) < 4.78 is 10.9. The molecule has 0 aliphatic carbocycles. The standard InChI is InChI=1S/C9H17NO5/c1-9(2)14-5-7(15-9)6(4-11)3-10-8(12)13/h6-7,10-11H,3-5H2,1-2H3,(H,12,13)/t6-,7+/m0/s1. The summed E-state index contributed by atoms with van der Waals surface area (Å²) in [6.45, 7) is 3.97. The first-order chi connectivity index (χ1) is 6.94. The first kappa shape index (κ1) is 12.2. The molecule has 15 heavy (non-hydrogen) atoms. The minimum Gasteiger partial charge on any atom is -0.465 e. The molecule has 1 rings (SSSR count). The van der Waals surface area contributed by atoms with Gasteiger partial charge in [0, 0.05) is 12.5 Å². The summed E-state index contributed by atoms with van der Waals surface area (Å²) in [5.74, 6) is -0.927. The van der Waals surface area contributed by atoms with Crippen LogP contribution in [0.3, 0.4) is 0 Å². The van der Waals surface area contributed by atoms with Gasteiger partial charge in [0.15, 0.2) is 5.79 Å². The summed E-state index contributed by atoms with van der Waals surface area (Å²) in [6.07, 6.45) is -1.37. The fourth-order valence-corrected chi connectivity index (χ4v) is 1.48. The van der Waals surface area contributed by atoms with Crippen molar-refractivity contribution < 1.29 is 24.5 Å². The van der Waals surface area contributed by atoms with Crippen LogP contribution in [0.1, 0.15) is 13.8 Å². The van der Waals surface area contributed by atoms with Crippen molar-refractivity contribution in [3.63, 3.8) is 0 Å². The highest BCUT2D eigenvalue weighted by molar-refractivity contribution is 5.64. The second-order valence-corrected chi connectivity index (χ2v) is 4.00. The van der Waals surface area contributed by atoms with Gasteiger partial charge in [-0.1, -0.05) is 0 Å². The monoisotopic (exact) mass is 219 g/mol. The fourth-order valence-electron chi connectivity index (χ4n) is 1.48. The number of carboxylic acid groups (broad SMARTS) is 1. The average molecular weight is 219 g/mol. The zero-order chi connectivity index (χ0) is 11.5. The van der Waals surface area contributed by atoms with Crippen LogP contribution in [0.5, 0.6) is 0 Å². The summed E-state index contributed by atoms with van der Waals surface area (Å²) in [4.78, 5) is 10.3. The first-order valence-corrected chi connectivity index (χ1v) is 4.84. The Labute approximate surface area is 88.2 Å². The van der Waals surface area contributed by atoms with Gasteiger partial charge in [0.2, 0.25) is 0 Å². The molecule has 0 aromatic heterocycles. The summed E-state index contributed by atoms with van der Waals surface area (Å²) >= 11 is 0. The van der Waals surface area contributed by atoms with Crippen molar-refractivity contribution in [2.45, 2.75) is 25.7 Å². The molecule has 1 aliphatic rings. The maximum atomic E-state index is 10.3. The van der Waals surface area contributed by atoms with Gasteiger partial charge in [0.1, 0.15) is 0 Å². The molecule has 0 radical (unpaired) electrons. The lowest BCUT2D eigenvalue weighted by Crippen LogP contribution is -2.38. The number of hydrogen-bond acceptors (Lipinski definition) is 4. The van der Waals surface area contributed by atoms with Gasteiger partial charge in [-0.25, -0.2) is 4.79 Å². The predicted octanol–water partition coefficient (Wildman–Crippen LogP) is 0.0140. The van der Waals surface area contributed by atoms with E-state index in [1.54, 1.807) is 13.8 Å². The molecular formula is C9H17NO5. The second kappa shape index (κ2) is 4.78. The minimum atomic E-state index is -1.10. The summed E-state index contributed by atoms with van der Waals surface area (Å²) in [5, 5.41) is 19.8. The lowest BCUT2D eigenvalue weighted by Gasteiger charge is -2.22. The molecule has 1 saturated heterocycles. The van der Waals surface area contributed by atoms with E-state index in [1.807, 2.05) is 0 Å². The lowest BCUT2D eigenvalue weighted by molar-refractivity contribution is -0.145. The van der Waals surface area contributed by atoms with Gasteiger partial charge in [-0.3, -0.25) is 0 Å². The zero-order valence-corrected chi connectivity index (χ0v) is 8.90. The molecule has 0 aromatic rings. The van der Waals surface area contributed by atoms with Crippen LogP contribution in [-0.4, -0.2) is 48.0 Å². The van der Waals surface area contributed by atoms with Crippen LogP contribution in [-0.2, 0) is 9.47 Å². The Balaban J connectivity index is 2.42. The number of aliphatic hydroxyl groups excluding tert-OH is 1. The summed E-state index contributed by atoms with van der Waals surface area (Å²) in [7, 11) is 0. The van der Waals surface area contributed by atoms with Gasteiger partial charge >= 0.3 is 6.09 Å². The molecule has 0 aromatic carbocycles. The first-order valence-electron chi connectivity index (χ1n) is 4.84. The number of nitrogens with one attached hydrogen (secondary N) is 1. The number of carbonyl (C=O) groups is 1. The molecule has 3 N–H and O–H groups in total. The van der Waals surface area contributed by atoms with Gasteiger partial charge in [0.25, 0.3) is 0 Å². The Bertz CT molecular complexity index is 231. The summed E-state index contributed by atoms with van der Waals surface area (Å²) in [5.41, 5.74) is 0. The quantitative estimate of drug-likeness (QED) is 0.620. The number of hydrogen-bond donors (Lipinski definition) is 3. The molecule has 0 spiro atoms. The largest absolute Gasteiger partial charge is 0.465 e. The summed E-state index contributed by atoms with van der Waals surface area (Å²) in [6, 6.07) is 0. The molecule has 1 heterocycles. The van der Waals surface area contributed by atoms with Crippen LogP contribution < -0.4 is 5.32 Å². The molecule has 0 bridgehead atoms. The Morgan fingerprint density at radius 1 is 1.67 bits per heavy atom. The van der Waals surface area contributed by atoms with E-state index in [4.69, 9.17) is 19.7 Å². The third kappa shape index (κ3) is 3.65. The molecule has 0 unspecified atom stereocenters. The number of aliphatic hydroxyl groups is 1. The smallest absolute Gasteiger partial charge is 0.404 e. The molecule has 88 valence electrons. The van der Waals surface area contributed by atoms with Crippen LogP contribution in [0.15, 0.2) is 0 Å². The molecule has 1 fully saturated rings. The normalized spacial score (nSPS) is 26.2. The van der Waals surface area contributed by atoms with Crippen molar-refractivity contribution in [3.8, 4) is 0 Å². The van der Waals surface area contributed by atoms with Gasteiger partial charge < -0.3 is 25.0 Å². The molecule has 1 aliphatic heterocycles. The molecule has 2 atom stereocenters. The van der Waals surface area contributed by atoms with Crippen LogP contribution in [0.25, 0.3) is 0 Å². The van der Waals surface area contributed by atoms with Crippen molar-refractivity contribution in [2.24, 2.45) is 5.92 Å². The molecule has 0 saturated carbocycles. The van der Waals surface area contributed by atoms with Crippen LogP contribution in [0.4, 0.5) is 4.79 Å². The number of amides is 1. The molecule has 6 heteroatoms. The van der Waals surface area contributed by atoms with Crippen LogP contribution in [0, 0.1) is 5.92 Å². The highest BCUT2D eigenvalue weighted by Crippen LogP contribution is 2.26. The predicted molar refractivity (Wildman–Crippen MR) is 51.5 cm³/mol. The van der Waals surface area contributed by atoms with Crippen molar-refractivity contribution in [2.75, 3.05) is 19.8 Å². The third-order valence-electron chi connectivity index (χ3n) is 2.31. The van der Waals surface area contributed by atoms with E-state index in [1.165, 1.54) is 0 Å². The number of rotatable bonds is 4. The second-order valence-electron chi connectivity index (χ2n) is 4.00. The van der Waals surface area contributed by atoms with Crippen LogP contribution in [0.2, 0.25) is 0 Å². The highest BCUT2D eigenvalue weighted by Gasteiger charge is 2.37. The van der Waals surface area contributed by atoms with E-state index < -0.39 is 11.9 Å². The molecule has 6 nitrogen and oxygen atoms in total. The maximum absolute atomic E-state index is 10.3. The van der Waals surface area contributed by atoms with E-state index in [2.05, 4.69) is 5.32 Å². The van der Waals surface area contributed by atoms with Crippen LogP contribution >= 0.6 is 0 Å². The van der Waals surface area contributed by atoms with E-state index in [0.717, 1.165) is 0 Å². The Hall–Kier alpha value is -0.850. The average Bonchev–Trinajstić information content (AvgIpc) is 2.47. The van der Waals surface area contributed by atoms with E-state index in [0.29, 0.717) is 6.61 Å². The van der Waals surface area contributed by atoms with Gasteiger partial charge in [-0.05, 0) is 13.8 Å². The third-order valence-corrected chi connectivity index (χ3v) is 2.31. The van der Waals surface area contributed by atoms with Gasteiger partial charge in [-0.15, -0.1) is 0 Å². The Kier molecular flexibility index (Phi) is 3.90. The highest BCUT2D eigenvalue weighted by atomic mass is 16.7. The maximum Gasteiger partial charge on any atom is 0.404 e. The van der Waals surface area contributed by atoms with Crippen molar-refractivity contribution in [3.05, 3.63) is 0 Å². The van der Waals surface area contributed by atoms with Crippen molar-refractivity contribution in [1.82, 2.24) is 5.32 Å². The Morgan fingerprint density at radius 3 is 2.73 bits per heavy atom. The van der Waals surface area contributed by atoms with E-state index in [9.17, 15) is 4.79 Å². The zero-order valence-electron chi connectivity index (χ0n) is 8.90.